The van der Waals surface area contributed by atoms with Crippen LogP contribution in [0.2, 0.25) is 0 Å². The Labute approximate surface area is 112 Å². The van der Waals surface area contributed by atoms with Gasteiger partial charge in [-0.1, -0.05) is 33.3 Å². The summed E-state index contributed by atoms with van der Waals surface area (Å²) in [5.74, 6) is 0.416. The molecule has 0 aromatic carbocycles. The minimum atomic E-state index is 0.153. The van der Waals surface area contributed by atoms with Crippen molar-refractivity contribution in [1.29, 1.82) is 0 Å². The van der Waals surface area contributed by atoms with Crippen molar-refractivity contribution in [2.75, 3.05) is 13.1 Å². The molecular weight excluding hydrogens is 222 g/mol. The molecule has 0 bridgehead atoms. The Hall–Kier alpha value is -0.630. The standard InChI is InChI=1S/C16H29NO/c1-5-7-9-15(18)14-13-16(3,4)10-12-17(14)11-8-6-2/h5,14H,1,6-13H2,2-4H3. The van der Waals surface area contributed by atoms with E-state index in [2.05, 4.69) is 32.3 Å². The molecule has 1 saturated heterocycles. The molecule has 0 aromatic rings. The summed E-state index contributed by atoms with van der Waals surface area (Å²) >= 11 is 0. The van der Waals surface area contributed by atoms with Crippen LogP contribution in [0.25, 0.3) is 0 Å². The third kappa shape index (κ3) is 4.56. The first-order chi connectivity index (χ1) is 8.50. The molecule has 1 heterocycles. The van der Waals surface area contributed by atoms with Crippen molar-refractivity contribution >= 4 is 5.78 Å². The fourth-order valence-electron chi connectivity index (χ4n) is 2.71. The van der Waals surface area contributed by atoms with Crippen LogP contribution in [0.4, 0.5) is 0 Å². The summed E-state index contributed by atoms with van der Waals surface area (Å²) in [6, 6.07) is 0.153. The molecule has 2 nitrogen and oxygen atoms in total. The smallest absolute Gasteiger partial charge is 0.150 e. The fourth-order valence-corrected chi connectivity index (χ4v) is 2.71. The molecule has 18 heavy (non-hydrogen) atoms. The van der Waals surface area contributed by atoms with Crippen LogP contribution in [0.5, 0.6) is 0 Å². The number of allylic oxidation sites excluding steroid dienone is 1. The Morgan fingerprint density at radius 2 is 2.22 bits per heavy atom. The van der Waals surface area contributed by atoms with Gasteiger partial charge in [0.05, 0.1) is 6.04 Å². The van der Waals surface area contributed by atoms with Crippen molar-refractivity contribution < 1.29 is 4.79 Å². The molecule has 2 heteroatoms. The SMILES string of the molecule is C=CCCC(=O)C1CC(C)(C)CCN1CCCC. The highest BCUT2D eigenvalue weighted by Crippen LogP contribution is 2.34. The van der Waals surface area contributed by atoms with E-state index in [0.717, 1.165) is 25.9 Å². The van der Waals surface area contributed by atoms with Gasteiger partial charge in [-0.25, -0.2) is 0 Å². The van der Waals surface area contributed by atoms with Gasteiger partial charge in [0.15, 0.2) is 0 Å². The average Bonchev–Trinajstić information content (AvgIpc) is 2.33. The number of carbonyl (C=O) groups excluding carboxylic acids is 1. The molecule has 104 valence electrons. The maximum absolute atomic E-state index is 12.3. The van der Waals surface area contributed by atoms with Gasteiger partial charge in [-0.05, 0) is 44.2 Å². The zero-order valence-electron chi connectivity index (χ0n) is 12.4. The van der Waals surface area contributed by atoms with Gasteiger partial charge < -0.3 is 0 Å². The van der Waals surface area contributed by atoms with Crippen LogP contribution in [0, 0.1) is 5.41 Å². The minimum Gasteiger partial charge on any atom is -0.298 e. The van der Waals surface area contributed by atoms with E-state index in [0.29, 0.717) is 17.6 Å². The van der Waals surface area contributed by atoms with Crippen LogP contribution in [0.15, 0.2) is 12.7 Å². The predicted molar refractivity (Wildman–Crippen MR) is 77.7 cm³/mol. The van der Waals surface area contributed by atoms with Crippen molar-refractivity contribution in [3.05, 3.63) is 12.7 Å². The molecule has 0 N–H and O–H groups in total. The van der Waals surface area contributed by atoms with E-state index in [1.807, 2.05) is 6.08 Å². The first-order valence-corrected chi connectivity index (χ1v) is 7.38. The van der Waals surface area contributed by atoms with Crippen LogP contribution in [-0.2, 0) is 4.79 Å². The van der Waals surface area contributed by atoms with Crippen LogP contribution < -0.4 is 0 Å². The molecule has 1 aliphatic rings. The number of carbonyl (C=O) groups is 1. The van der Waals surface area contributed by atoms with Gasteiger partial charge in [0.2, 0.25) is 0 Å². The molecule has 1 fully saturated rings. The molecule has 0 aromatic heterocycles. The quantitative estimate of drug-likeness (QED) is 0.641. The summed E-state index contributed by atoms with van der Waals surface area (Å²) in [4.78, 5) is 14.7. The monoisotopic (exact) mass is 251 g/mol. The van der Waals surface area contributed by atoms with Crippen molar-refractivity contribution in [2.24, 2.45) is 5.41 Å². The Morgan fingerprint density at radius 3 is 2.83 bits per heavy atom. The van der Waals surface area contributed by atoms with Crippen LogP contribution in [0.1, 0.15) is 59.3 Å². The number of likely N-dealkylation sites (tertiary alicyclic amines) is 1. The summed E-state index contributed by atoms with van der Waals surface area (Å²) in [6.07, 6.45) is 7.96. The van der Waals surface area contributed by atoms with Gasteiger partial charge in [-0.2, -0.15) is 0 Å². The molecule has 1 aliphatic heterocycles. The molecule has 1 rings (SSSR count). The number of rotatable bonds is 7. The molecule has 0 amide bonds. The molecule has 0 aliphatic carbocycles. The van der Waals surface area contributed by atoms with E-state index < -0.39 is 0 Å². The van der Waals surface area contributed by atoms with Crippen LogP contribution >= 0.6 is 0 Å². The van der Waals surface area contributed by atoms with Crippen LogP contribution in [-0.4, -0.2) is 29.8 Å². The summed E-state index contributed by atoms with van der Waals surface area (Å²) in [5.41, 5.74) is 0.317. The van der Waals surface area contributed by atoms with E-state index >= 15 is 0 Å². The zero-order valence-corrected chi connectivity index (χ0v) is 12.4. The number of ketones is 1. The molecule has 1 atom stereocenters. The van der Waals surface area contributed by atoms with E-state index in [1.165, 1.54) is 19.3 Å². The van der Waals surface area contributed by atoms with E-state index in [-0.39, 0.29) is 6.04 Å². The summed E-state index contributed by atoms with van der Waals surface area (Å²) in [5, 5.41) is 0. The van der Waals surface area contributed by atoms with Crippen LogP contribution in [0.3, 0.4) is 0 Å². The Bertz CT molecular complexity index is 283. The second-order valence-corrected chi connectivity index (χ2v) is 6.32. The average molecular weight is 251 g/mol. The lowest BCUT2D eigenvalue weighted by atomic mass is 9.77. The number of hydrogen-bond donors (Lipinski definition) is 0. The number of hydrogen-bond acceptors (Lipinski definition) is 2. The molecule has 0 spiro atoms. The normalized spacial score (nSPS) is 23.8. The summed E-state index contributed by atoms with van der Waals surface area (Å²) in [6.45, 7) is 12.7. The highest BCUT2D eigenvalue weighted by molar-refractivity contribution is 5.84. The van der Waals surface area contributed by atoms with Gasteiger partial charge >= 0.3 is 0 Å². The van der Waals surface area contributed by atoms with Gasteiger partial charge in [0.1, 0.15) is 5.78 Å². The lowest BCUT2D eigenvalue weighted by Crippen LogP contribution is -2.49. The molecular formula is C16H29NO. The topological polar surface area (TPSA) is 20.3 Å². The second-order valence-electron chi connectivity index (χ2n) is 6.32. The van der Waals surface area contributed by atoms with Gasteiger partial charge in [0, 0.05) is 6.42 Å². The molecule has 0 saturated carbocycles. The number of nitrogens with zero attached hydrogens (tertiary/aromatic N) is 1. The third-order valence-electron chi connectivity index (χ3n) is 4.03. The Kier molecular flexibility index (Phi) is 6.07. The first kappa shape index (κ1) is 15.4. The lowest BCUT2D eigenvalue weighted by Gasteiger charge is -2.42. The second kappa shape index (κ2) is 7.08. The Morgan fingerprint density at radius 1 is 1.50 bits per heavy atom. The fraction of sp³-hybridized carbons (Fsp3) is 0.812. The lowest BCUT2D eigenvalue weighted by molar-refractivity contribution is -0.127. The number of Topliss-reactive ketones (excluding diaryl/α,β-unsaturated/α-hetero) is 1. The van der Waals surface area contributed by atoms with E-state index in [1.54, 1.807) is 0 Å². The maximum atomic E-state index is 12.3. The van der Waals surface area contributed by atoms with E-state index in [9.17, 15) is 4.79 Å². The molecule has 0 radical (unpaired) electrons. The van der Waals surface area contributed by atoms with Crippen molar-refractivity contribution in [3.63, 3.8) is 0 Å². The Balaban J connectivity index is 2.64. The van der Waals surface area contributed by atoms with Crippen molar-refractivity contribution in [1.82, 2.24) is 4.90 Å². The predicted octanol–water partition coefficient (Wildman–Crippen LogP) is 3.81. The maximum Gasteiger partial charge on any atom is 0.150 e. The van der Waals surface area contributed by atoms with Gasteiger partial charge in [-0.15, -0.1) is 6.58 Å². The highest BCUT2D eigenvalue weighted by atomic mass is 16.1. The van der Waals surface area contributed by atoms with Gasteiger partial charge in [0.25, 0.3) is 0 Å². The zero-order chi connectivity index (χ0) is 13.6. The van der Waals surface area contributed by atoms with E-state index in [4.69, 9.17) is 0 Å². The first-order valence-electron chi connectivity index (χ1n) is 7.38. The molecule has 1 unspecified atom stereocenters. The van der Waals surface area contributed by atoms with Crippen molar-refractivity contribution in [3.8, 4) is 0 Å². The minimum absolute atomic E-state index is 0.153. The number of piperidine rings is 1. The largest absolute Gasteiger partial charge is 0.298 e. The number of unbranched alkanes of at least 4 members (excludes halogenated alkanes) is 1. The third-order valence-corrected chi connectivity index (χ3v) is 4.03. The van der Waals surface area contributed by atoms with Gasteiger partial charge in [-0.3, -0.25) is 9.69 Å². The highest BCUT2D eigenvalue weighted by Gasteiger charge is 2.36. The summed E-state index contributed by atoms with van der Waals surface area (Å²) in [7, 11) is 0. The van der Waals surface area contributed by atoms with Crippen molar-refractivity contribution in [2.45, 2.75) is 65.3 Å². The summed E-state index contributed by atoms with van der Waals surface area (Å²) < 4.78 is 0.